The van der Waals surface area contributed by atoms with Gasteiger partial charge in [-0.3, -0.25) is 4.79 Å². The lowest BCUT2D eigenvalue weighted by molar-refractivity contribution is 0.0827. The van der Waals surface area contributed by atoms with E-state index >= 15 is 0 Å². The number of carbonyl (C=O) groups excluding carboxylic acids is 1. The second-order valence-electron chi connectivity index (χ2n) is 5.68. The Bertz CT molecular complexity index is 906. The molecule has 3 rings (SSSR count). The van der Waals surface area contributed by atoms with E-state index < -0.39 is 0 Å². The van der Waals surface area contributed by atoms with E-state index in [1.165, 1.54) is 12.5 Å². The van der Waals surface area contributed by atoms with Crippen LogP contribution in [0, 0.1) is 6.92 Å². The molecule has 0 aliphatic rings. The van der Waals surface area contributed by atoms with Gasteiger partial charge in [0.1, 0.15) is 12.1 Å². The topological polar surface area (TPSA) is 110 Å². The minimum atomic E-state index is -0.0418. The Kier molecular flexibility index (Phi) is 4.34. The molecule has 8 nitrogen and oxygen atoms in total. The molecular formula is C17H18N6O2. The zero-order valence-electron chi connectivity index (χ0n) is 14.1. The number of hydrogen-bond donors (Lipinski definition) is 2. The van der Waals surface area contributed by atoms with Gasteiger partial charge in [-0.15, -0.1) is 0 Å². The fourth-order valence-corrected chi connectivity index (χ4v) is 2.33. The highest BCUT2D eigenvalue weighted by molar-refractivity contribution is 5.95. The minimum Gasteiger partial charge on any atom is -0.444 e. The van der Waals surface area contributed by atoms with Crippen molar-refractivity contribution in [3.63, 3.8) is 0 Å². The van der Waals surface area contributed by atoms with Gasteiger partial charge in [-0.1, -0.05) is 0 Å². The van der Waals surface area contributed by atoms with Crippen LogP contribution in [0.4, 0.5) is 17.5 Å². The van der Waals surface area contributed by atoms with Crippen LogP contribution in [0.3, 0.4) is 0 Å². The minimum absolute atomic E-state index is 0.0418. The third-order valence-electron chi connectivity index (χ3n) is 3.60. The van der Waals surface area contributed by atoms with Crippen LogP contribution in [-0.4, -0.2) is 39.9 Å². The van der Waals surface area contributed by atoms with Crippen LogP contribution in [0.1, 0.15) is 15.9 Å². The Balaban J connectivity index is 1.82. The Labute approximate surface area is 144 Å². The predicted octanol–water partition coefficient (Wildman–Crippen LogP) is 2.47. The summed E-state index contributed by atoms with van der Waals surface area (Å²) in [6.45, 7) is 1.88. The Morgan fingerprint density at radius 3 is 2.68 bits per heavy atom. The first-order chi connectivity index (χ1) is 12.0. The summed E-state index contributed by atoms with van der Waals surface area (Å²) >= 11 is 0. The van der Waals surface area contributed by atoms with Gasteiger partial charge in [0.2, 0.25) is 11.8 Å². The molecule has 0 atom stereocenters. The van der Waals surface area contributed by atoms with Crippen molar-refractivity contribution < 1.29 is 9.21 Å². The van der Waals surface area contributed by atoms with Gasteiger partial charge >= 0.3 is 0 Å². The summed E-state index contributed by atoms with van der Waals surface area (Å²) in [5, 5.41) is 3.08. The molecule has 3 aromatic rings. The maximum Gasteiger partial charge on any atom is 0.253 e. The molecule has 25 heavy (non-hydrogen) atoms. The predicted molar refractivity (Wildman–Crippen MR) is 94.4 cm³/mol. The van der Waals surface area contributed by atoms with E-state index in [2.05, 4.69) is 20.3 Å². The van der Waals surface area contributed by atoms with Crippen LogP contribution in [0.15, 0.2) is 41.3 Å². The van der Waals surface area contributed by atoms with Gasteiger partial charge in [0.25, 0.3) is 5.91 Å². The lowest BCUT2D eigenvalue weighted by Crippen LogP contribution is -2.22. The van der Waals surface area contributed by atoms with Crippen LogP contribution in [0.25, 0.3) is 11.5 Å². The number of rotatable bonds is 4. The molecule has 0 fully saturated rings. The quantitative estimate of drug-likeness (QED) is 0.752. The number of aryl methyl sites for hydroxylation is 1. The summed E-state index contributed by atoms with van der Waals surface area (Å²) in [5.74, 6) is 0.932. The second kappa shape index (κ2) is 6.60. The van der Waals surface area contributed by atoms with Crippen molar-refractivity contribution in [2.24, 2.45) is 0 Å². The molecule has 0 unspecified atom stereocenters. The molecule has 0 bridgehead atoms. The van der Waals surface area contributed by atoms with E-state index in [0.29, 0.717) is 23.0 Å². The third-order valence-corrected chi connectivity index (χ3v) is 3.60. The van der Waals surface area contributed by atoms with Gasteiger partial charge in [0.15, 0.2) is 0 Å². The molecule has 2 heterocycles. The largest absolute Gasteiger partial charge is 0.444 e. The molecule has 1 aromatic carbocycles. The van der Waals surface area contributed by atoms with Crippen LogP contribution in [0.5, 0.6) is 0 Å². The standard InChI is InChI=1S/C17H18N6O2/c1-10-8-11(4-5-12(10)16(24)23(2)3)21-17-20-9-13(14(18)22-17)15-19-6-7-25-15/h4-9H,1-3H3,(H3,18,20,21,22). The Morgan fingerprint density at radius 2 is 2.08 bits per heavy atom. The molecule has 0 aliphatic heterocycles. The number of benzene rings is 1. The van der Waals surface area contributed by atoms with Gasteiger partial charge in [0.05, 0.1) is 11.8 Å². The summed E-state index contributed by atoms with van der Waals surface area (Å²) in [4.78, 5) is 26.1. The molecule has 1 amide bonds. The Morgan fingerprint density at radius 1 is 1.28 bits per heavy atom. The van der Waals surface area contributed by atoms with Gasteiger partial charge in [-0.2, -0.15) is 4.98 Å². The van der Waals surface area contributed by atoms with Gasteiger partial charge < -0.3 is 20.4 Å². The number of hydrogen-bond acceptors (Lipinski definition) is 7. The van der Waals surface area contributed by atoms with Crippen molar-refractivity contribution in [2.45, 2.75) is 6.92 Å². The normalized spacial score (nSPS) is 10.5. The summed E-state index contributed by atoms with van der Waals surface area (Å²) < 4.78 is 5.20. The zero-order chi connectivity index (χ0) is 18.0. The SMILES string of the molecule is Cc1cc(Nc2ncc(-c3ncco3)c(N)n2)ccc1C(=O)N(C)C. The maximum absolute atomic E-state index is 12.1. The highest BCUT2D eigenvalue weighted by Crippen LogP contribution is 2.24. The first-order valence-electron chi connectivity index (χ1n) is 7.57. The average molecular weight is 338 g/mol. The highest BCUT2D eigenvalue weighted by Gasteiger charge is 2.13. The van der Waals surface area contributed by atoms with E-state index in [9.17, 15) is 4.79 Å². The number of aromatic nitrogens is 3. The van der Waals surface area contributed by atoms with E-state index in [-0.39, 0.29) is 11.7 Å². The van der Waals surface area contributed by atoms with Gasteiger partial charge in [-0.25, -0.2) is 9.97 Å². The van der Waals surface area contributed by atoms with Crippen molar-refractivity contribution in [3.8, 4) is 11.5 Å². The van der Waals surface area contributed by atoms with Crippen molar-refractivity contribution in [3.05, 3.63) is 48.0 Å². The molecular weight excluding hydrogens is 320 g/mol. The molecule has 128 valence electrons. The molecule has 0 spiro atoms. The number of carbonyl (C=O) groups is 1. The molecule has 0 saturated carbocycles. The summed E-state index contributed by atoms with van der Waals surface area (Å²) in [6, 6.07) is 5.42. The van der Waals surface area contributed by atoms with Crippen molar-refractivity contribution in [1.29, 1.82) is 0 Å². The van der Waals surface area contributed by atoms with Crippen LogP contribution in [0.2, 0.25) is 0 Å². The van der Waals surface area contributed by atoms with E-state index in [0.717, 1.165) is 11.3 Å². The number of nitrogens with zero attached hydrogens (tertiary/aromatic N) is 4. The lowest BCUT2D eigenvalue weighted by Gasteiger charge is -2.14. The number of amides is 1. The number of anilines is 3. The van der Waals surface area contributed by atoms with Gasteiger partial charge in [0, 0.05) is 31.5 Å². The summed E-state index contributed by atoms with van der Waals surface area (Å²) in [5.41, 5.74) is 8.74. The van der Waals surface area contributed by atoms with Crippen molar-refractivity contribution in [1.82, 2.24) is 19.9 Å². The number of nitrogens with two attached hydrogens (primary N) is 1. The summed E-state index contributed by atoms with van der Waals surface area (Å²) in [7, 11) is 3.44. The first-order valence-corrected chi connectivity index (χ1v) is 7.57. The van der Waals surface area contributed by atoms with Crippen molar-refractivity contribution >= 4 is 23.4 Å². The number of nitrogen functional groups attached to an aromatic ring is 1. The average Bonchev–Trinajstić information content (AvgIpc) is 3.08. The molecule has 0 saturated heterocycles. The molecule has 8 heteroatoms. The molecule has 0 radical (unpaired) electrons. The van der Waals surface area contributed by atoms with Crippen molar-refractivity contribution in [2.75, 3.05) is 25.1 Å². The van der Waals surface area contributed by atoms with Gasteiger partial charge in [-0.05, 0) is 30.7 Å². The van der Waals surface area contributed by atoms with E-state index in [4.69, 9.17) is 10.2 Å². The molecule has 3 N–H and O–H groups in total. The number of oxazole rings is 1. The Hall–Kier alpha value is -3.42. The monoisotopic (exact) mass is 338 g/mol. The fourth-order valence-electron chi connectivity index (χ4n) is 2.33. The molecule has 2 aromatic heterocycles. The van der Waals surface area contributed by atoms with Crippen LogP contribution >= 0.6 is 0 Å². The lowest BCUT2D eigenvalue weighted by atomic mass is 10.1. The zero-order valence-corrected chi connectivity index (χ0v) is 14.1. The highest BCUT2D eigenvalue weighted by atomic mass is 16.3. The van der Waals surface area contributed by atoms with E-state index in [1.54, 1.807) is 37.3 Å². The third kappa shape index (κ3) is 3.42. The smallest absolute Gasteiger partial charge is 0.253 e. The van der Waals surface area contributed by atoms with Crippen LogP contribution < -0.4 is 11.1 Å². The number of nitrogens with one attached hydrogen (secondary N) is 1. The second-order valence-corrected chi connectivity index (χ2v) is 5.68. The summed E-state index contributed by atoms with van der Waals surface area (Å²) in [6.07, 6.45) is 4.54. The molecule has 0 aliphatic carbocycles. The fraction of sp³-hybridized carbons (Fsp3) is 0.176. The van der Waals surface area contributed by atoms with Crippen LogP contribution in [-0.2, 0) is 0 Å². The first kappa shape index (κ1) is 16.4. The maximum atomic E-state index is 12.1. The van der Waals surface area contributed by atoms with E-state index in [1.807, 2.05) is 13.0 Å².